The molecule has 2 aliphatic rings. The van der Waals surface area contributed by atoms with Crippen LogP contribution in [0.1, 0.15) is 74.4 Å². The standard InChI is InChI=1S/C51H66N12O10S2/c1-32-22-41(50-62(17-19-72-50)51(69)73-20-21-74-75-45-13-8-9-14-53-45)63(28-32)49(68)36-26-42(70-7)43(27-37(36)52)71-18-10-12-44(64)55-33-23-39(60(5)29-33)47(66)57-35-25-40(61(6)31-35)48(67)56-34-24-38(59(4)30-34)46(65)54-15-11-16-58(2)3/h8-9,13-14,23-27,29-32,41,50H,10-12,15-22,28,52H2,1-7H3,(H,54,65)(H,55,64)(H,56,67)(H,57,66)/t32?,41-,50?/m0/s1. The number of nitrogens with zero attached hydrogens (tertiary/aromatic N) is 7. The lowest BCUT2D eigenvalue weighted by Crippen LogP contribution is -2.51. The topological polar surface area (TPSA) is 251 Å². The van der Waals surface area contributed by atoms with Crippen LogP contribution in [-0.4, -0.2) is 154 Å². The van der Waals surface area contributed by atoms with Crippen LogP contribution in [0.3, 0.4) is 0 Å². The van der Waals surface area contributed by atoms with Crippen LogP contribution in [0, 0.1) is 5.92 Å². The maximum atomic E-state index is 14.2. The third-order valence-electron chi connectivity index (χ3n) is 12.4. The number of nitrogens with one attached hydrogen (secondary N) is 4. The van der Waals surface area contributed by atoms with E-state index in [1.807, 2.05) is 44.1 Å². The first-order valence-corrected chi connectivity index (χ1v) is 26.8. The van der Waals surface area contributed by atoms with Gasteiger partial charge in [0.1, 0.15) is 28.7 Å². The fourth-order valence-corrected chi connectivity index (χ4v) is 10.5. The monoisotopic (exact) mass is 1070 g/mol. The summed E-state index contributed by atoms with van der Waals surface area (Å²) in [5.41, 5.74) is 9.04. The summed E-state index contributed by atoms with van der Waals surface area (Å²) in [4.78, 5) is 89.5. The number of anilines is 4. The molecule has 5 aromatic rings. The van der Waals surface area contributed by atoms with Crippen molar-refractivity contribution in [2.45, 2.75) is 49.9 Å². The highest BCUT2D eigenvalue weighted by Gasteiger charge is 2.46. The summed E-state index contributed by atoms with van der Waals surface area (Å²) in [5, 5.41) is 12.2. The van der Waals surface area contributed by atoms with Crippen LogP contribution in [0.4, 0.5) is 27.5 Å². The van der Waals surface area contributed by atoms with Crippen molar-refractivity contribution in [2.24, 2.45) is 27.1 Å². The molecular weight excluding hydrogens is 1000 g/mol. The number of ether oxygens (including phenoxy) is 4. The summed E-state index contributed by atoms with van der Waals surface area (Å²) >= 11 is 0. The zero-order valence-electron chi connectivity index (χ0n) is 43.3. The maximum Gasteiger partial charge on any atom is 0.412 e. The molecular formula is C51H66N12O10S2. The van der Waals surface area contributed by atoms with Crippen molar-refractivity contribution in [2.75, 3.05) is 94.6 Å². The molecule has 2 unspecified atom stereocenters. The van der Waals surface area contributed by atoms with Crippen molar-refractivity contribution in [3.8, 4) is 11.5 Å². The second kappa shape index (κ2) is 25.9. The number of hydrogen-bond acceptors (Lipinski definition) is 15. The zero-order chi connectivity index (χ0) is 53.8. The molecule has 0 aliphatic carbocycles. The first kappa shape index (κ1) is 55.6. The Morgan fingerprint density at radius 3 is 2.11 bits per heavy atom. The van der Waals surface area contributed by atoms with E-state index in [0.717, 1.165) is 18.0 Å². The number of methoxy groups -OCH3 is 1. The number of likely N-dealkylation sites (tertiary alicyclic amines) is 1. The number of nitrogen functional groups attached to an aromatic ring is 1. The predicted octanol–water partition coefficient (Wildman–Crippen LogP) is 5.76. The zero-order valence-corrected chi connectivity index (χ0v) is 44.9. The number of hydrogen-bond donors (Lipinski definition) is 5. The summed E-state index contributed by atoms with van der Waals surface area (Å²) in [6.45, 7) is 4.82. The van der Waals surface area contributed by atoms with E-state index in [1.54, 1.807) is 93.7 Å². The molecule has 24 heteroatoms. The molecule has 7 rings (SSSR count). The number of aromatic nitrogens is 4. The second-order valence-corrected chi connectivity index (χ2v) is 21.0. The van der Waals surface area contributed by atoms with Crippen LogP contribution in [0.2, 0.25) is 0 Å². The van der Waals surface area contributed by atoms with Crippen LogP contribution in [-0.2, 0) is 35.4 Å². The Labute approximate surface area is 443 Å². The molecule has 2 aliphatic heterocycles. The fourth-order valence-electron chi connectivity index (χ4n) is 8.82. The van der Waals surface area contributed by atoms with Gasteiger partial charge in [0.2, 0.25) is 5.91 Å². The number of nitrogens with two attached hydrogens (primary N) is 1. The molecule has 2 fully saturated rings. The van der Waals surface area contributed by atoms with Gasteiger partial charge in [-0.25, -0.2) is 9.78 Å². The van der Waals surface area contributed by atoms with Gasteiger partial charge in [-0.1, -0.05) is 23.8 Å². The number of benzene rings is 1. The number of amides is 6. The molecule has 0 saturated carbocycles. The van der Waals surface area contributed by atoms with Gasteiger partial charge in [0.15, 0.2) is 17.7 Å². The molecule has 6 N–H and O–H groups in total. The Morgan fingerprint density at radius 2 is 1.48 bits per heavy atom. The summed E-state index contributed by atoms with van der Waals surface area (Å²) in [6, 6.07) is 13.0. The Kier molecular flexibility index (Phi) is 19.2. The molecule has 22 nitrogen and oxygen atoms in total. The highest BCUT2D eigenvalue weighted by atomic mass is 33.1. The molecule has 4 aromatic heterocycles. The van der Waals surface area contributed by atoms with Gasteiger partial charge in [0.05, 0.1) is 55.5 Å². The SMILES string of the molecule is COc1cc(C(=O)N2CC(C)C[C@H]2C2OCCN2C(=O)OCCSSc2ccccn2)c(N)cc1OCCCC(=O)Nc1cc(C(=O)Nc2cc(C(=O)Nc3cc(C(=O)NCCCN(C)C)n(C)c3)n(C)c2)n(C)c1. The number of pyridine rings is 1. The number of rotatable bonds is 23. The van der Waals surface area contributed by atoms with Gasteiger partial charge in [-0.3, -0.25) is 28.9 Å². The van der Waals surface area contributed by atoms with Crippen molar-refractivity contribution in [1.29, 1.82) is 0 Å². The quantitative estimate of drug-likeness (QED) is 0.0297. The molecule has 6 heterocycles. The molecule has 0 bridgehead atoms. The average molecular weight is 1070 g/mol. The minimum Gasteiger partial charge on any atom is -0.493 e. The lowest BCUT2D eigenvalue weighted by molar-refractivity contribution is -0.116. The molecule has 3 atom stereocenters. The Morgan fingerprint density at radius 1 is 0.827 bits per heavy atom. The van der Waals surface area contributed by atoms with Crippen molar-refractivity contribution in [3.05, 3.63) is 96.0 Å². The molecule has 0 radical (unpaired) electrons. The fraction of sp³-hybridized carbons (Fsp3) is 0.431. The summed E-state index contributed by atoms with van der Waals surface area (Å²) in [7, 11) is 13.5. The van der Waals surface area contributed by atoms with Gasteiger partial charge in [0, 0.05) is 82.9 Å². The number of aryl methyl sites for hydroxylation is 3. The van der Waals surface area contributed by atoms with Crippen LogP contribution >= 0.6 is 21.6 Å². The average Bonchev–Trinajstić information content (AvgIpc) is 4.23. The van der Waals surface area contributed by atoms with Gasteiger partial charge in [-0.2, -0.15) is 0 Å². The lowest BCUT2D eigenvalue weighted by atomic mass is 10.1. The highest BCUT2D eigenvalue weighted by Crippen LogP contribution is 2.37. The Hall–Kier alpha value is -7.15. The Bertz CT molecular complexity index is 2830. The molecule has 2 saturated heterocycles. The van der Waals surface area contributed by atoms with Gasteiger partial charge in [-0.15, -0.1) is 0 Å². The van der Waals surface area contributed by atoms with E-state index in [1.165, 1.54) is 34.8 Å². The van der Waals surface area contributed by atoms with Crippen molar-refractivity contribution >= 4 is 80.0 Å². The summed E-state index contributed by atoms with van der Waals surface area (Å²) in [6.07, 6.45) is 7.23. The minimum absolute atomic E-state index is 0.0839. The van der Waals surface area contributed by atoms with Crippen LogP contribution < -0.4 is 36.5 Å². The smallest absolute Gasteiger partial charge is 0.412 e. The van der Waals surface area contributed by atoms with Gasteiger partial charge in [0.25, 0.3) is 23.6 Å². The number of carbonyl (C=O) groups is 6. The third kappa shape index (κ3) is 14.6. The molecule has 1 aromatic carbocycles. The highest BCUT2D eigenvalue weighted by molar-refractivity contribution is 8.76. The van der Waals surface area contributed by atoms with E-state index in [4.69, 9.17) is 24.7 Å². The van der Waals surface area contributed by atoms with E-state index >= 15 is 0 Å². The molecule has 402 valence electrons. The van der Waals surface area contributed by atoms with Crippen LogP contribution in [0.5, 0.6) is 11.5 Å². The summed E-state index contributed by atoms with van der Waals surface area (Å²) in [5.74, 6) is -0.511. The van der Waals surface area contributed by atoms with Crippen molar-refractivity contribution in [1.82, 2.24) is 38.7 Å². The van der Waals surface area contributed by atoms with Crippen molar-refractivity contribution in [3.63, 3.8) is 0 Å². The van der Waals surface area contributed by atoms with E-state index in [9.17, 15) is 28.8 Å². The number of carbonyl (C=O) groups excluding carboxylic acids is 6. The second-order valence-electron chi connectivity index (χ2n) is 18.6. The summed E-state index contributed by atoms with van der Waals surface area (Å²) < 4.78 is 28.1. The minimum atomic E-state index is -0.687. The Balaban J connectivity index is 0.863. The maximum absolute atomic E-state index is 14.2. The van der Waals surface area contributed by atoms with E-state index in [2.05, 4.69) is 26.3 Å². The van der Waals surface area contributed by atoms with Crippen LogP contribution in [0.25, 0.3) is 0 Å². The van der Waals surface area contributed by atoms with E-state index in [0.29, 0.717) is 73.3 Å². The van der Waals surface area contributed by atoms with Crippen LogP contribution in [0.15, 0.2) is 78.3 Å². The third-order valence-corrected chi connectivity index (χ3v) is 14.7. The van der Waals surface area contributed by atoms with Crippen molar-refractivity contribution < 1.29 is 47.7 Å². The molecule has 6 amide bonds. The lowest BCUT2D eigenvalue weighted by Gasteiger charge is -2.33. The van der Waals surface area contributed by atoms with E-state index in [-0.39, 0.29) is 71.7 Å². The molecule has 0 spiro atoms. The first-order chi connectivity index (χ1) is 36.0. The van der Waals surface area contributed by atoms with E-state index < -0.39 is 30.2 Å². The van der Waals surface area contributed by atoms with Gasteiger partial charge < -0.3 is 69.4 Å². The van der Waals surface area contributed by atoms with Gasteiger partial charge >= 0.3 is 6.09 Å². The van der Waals surface area contributed by atoms with Gasteiger partial charge in [-0.05, 0) is 93.0 Å². The normalized spacial score (nSPS) is 16.2. The molecule has 75 heavy (non-hydrogen) atoms. The first-order valence-electron chi connectivity index (χ1n) is 24.5. The predicted molar refractivity (Wildman–Crippen MR) is 287 cm³/mol. The largest absolute Gasteiger partial charge is 0.493 e.